The van der Waals surface area contributed by atoms with Crippen LogP contribution in [0.25, 0.3) is 0 Å². The largest absolute Gasteiger partial charge is 0.384 e. The SMILES string of the molecule is CNc1cc(C)c(C2CC2)nc1F. The van der Waals surface area contributed by atoms with Gasteiger partial charge < -0.3 is 5.32 Å². The van der Waals surface area contributed by atoms with Crippen LogP contribution in [-0.2, 0) is 0 Å². The first-order chi connectivity index (χ1) is 6.22. The zero-order valence-corrected chi connectivity index (χ0v) is 7.89. The molecule has 13 heavy (non-hydrogen) atoms. The number of aromatic nitrogens is 1. The van der Waals surface area contributed by atoms with Gasteiger partial charge in [0.1, 0.15) is 0 Å². The van der Waals surface area contributed by atoms with Gasteiger partial charge in [-0.25, -0.2) is 4.98 Å². The minimum atomic E-state index is -0.380. The van der Waals surface area contributed by atoms with Crippen LogP contribution in [0.2, 0.25) is 0 Å². The topological polar surface area (TPSA) is 24.9 Å². The molecule has 1 aromatic rings. The number of halogens is 1. The van der Waals surface area contributed by atoms with Gasteiger partial charge in [0.25, 0.3) is 0 Å². The summed E-state index contributed by atoms with van der Waals surface area (Å²) in [7, 11) is 1.70. The van der Waals surface area contributed by atoms with E-state index in [1.54, 1.807) is 7.05 Å². The maximum absolute atomic E-state index is 13.2. The molecule has 2 nitrogen and oxygen atoms in total. The number of anilines is 1. The monoisotopic (exact) mass is 180 g/mol. The van der Waals surface area contributed by atoms with Gasteiger partial charge in [0.15, 0.2) is 0 Å². The van der Waals surface area contributed by atoms with Crippen LogP contribution in [0.5, 0.6) is 0 Å². The third kappa shape index (κ3) is 1.50. The molecule has 0 atom stereocenters. The lowest BCUT2D eigenvalue weighted by Crippen LogP contribution is -2.00. The van der Waals surface area contributed by atoms with Gasteiger partial charge in [-0.3, -0.25) is 0 Å². The number of nitrogens with zero attached hydrogens (tertiary/aromatic N) is 1. The second kappa shape index (κ2) is 2.98. The van der Waals surface area contributed by atoms with E-state index in [4.69, 9.17) is 0 Å². The zero-order valence-electron chi connectivity index (χ0n) is 7.89. The van der Waals surface area contributed by atoms with Gasteiger partial charge in [-0.1, -0.05) is 0 Å². The summed E-state index contributed by atoms with van der Waals surface area (Å²) in [5, 5.41) is 2.79. The van der Waals surface area contributed by atoms with E-state index < -0.39 is 0 Å². The van der Waals surface area contributed by atoms with Gasteiger partial charge in [-0.2, -0.15) is 4.39 Å². The van der Waals surface area contributed by atoms with Crippen molar-refractivity contribution >= 4 is 5.69 Å². The van der Waals surface area contributed by atoms with E-state index in [2.05, 4.69) is 10.3 Å². The summed E-state index contributed by atoms with van der Waals surface area (Å²) < 4.78 is 13.2. The quantitative estimate of drug-likeness (QED) is 0.707. The molecule has 1 heterocycles. The predicted molar refractivity (Wildman–Crippen MR) is 50.5 cm³/mol. The zero-order chi connectivity index (χ0) is 9.42. The maximum atomic E-state index is 13.2. The van der Waals surface area contributed by atoms with Crippen molar-refractivity contribution in [3.8, 4) is 0 Å². The summed E-state index contributed by atoms with van der Waals surface area (Å²) in [4.78, 5) is 3.98. The van der Waals surface area contributed by atoms with Crippen LogP contribution < -0.4 is 5.32 Å². The lowest BCUT2D eigenvalue weighted by Gasteiger charge is -2.07. The fourth-order valence-electron chi connectivity index (χ4n) is 1.55. The minimum absolute atomic E-state index is 0.380. The number of hydrogen-bond acceptors (Lipinski definition) is 2. The molecular formula is C10H13FN2. The number of hydrogen-bond donors (Lipinski definition) is 1. The lowest BCUT2D eigenvalue weighted by molar-refractivity contribution is 0.579. The average Bonchev–Trinajstić information content (AvgIpc) is 2.91. The van der Waals surface area contributed by atoms with E-state index in [9.17, 15) is 4.39 Å². The van der Waals surface area contributed by atoms with Gasteiger partial charge in [-0.15, -0.1) is 0 Å². The number of rotatable bonds is 2. The van der Waals surface area contributed by atoms with Crippen molar-refractivity contribution in [1.29, 1.82) is 0 Å². The molecule has 3 heteroatoms. The number of aryl methyl sites for hydroxylation is 1. The highest BCUT2D eigenvalue weighted by Crippen LogP contribution is 2.41. The van der Waals surface area contributed by atoms with Gasteiger partial charge in [0, 0.05) is 18.7 Å². The molecule has 2 rings (SSSR count). The molecule has 0 unspecified atom stereocenters. The fraction of sp³-hybridized carbons (Fsp3) is 0.500. The molecule has 1 aliphatic rings. The smallest absolute Gasteiger partial charge is 0.236 e. The Labute approximate surface area is 77.2 Å². The summed E-state index contributed by atoms with van der Waals surface area (Å²) in [5.41, 5.74) is 2.52. The Morgan fingerprint density at radius 1 is 1.54 bits per heavy atom. The van der Waals surface area contributed by atoms with Crippen LogP contribution in [0.4, 0.5) is 10.1 Å². The summed E-state index contributed by atoms with van der Waals surface area (Å²) in [6, 6.07) is 1.83. The van der Waals surface area contributed by atoms with Gasteiger partial charge in [0.2, 0.25) is 5.95 Å². The molecule has 1 saturated carbocycles. The standard InChI is InChI=1S/C10H13FN2/c1-6-5-8(12-2)10(11)13-9(6)7-3-4-7/h5,7,12H,3-4H2,1-2H3. The second-order valence-electron chi connectivity index (χ2n) is 3.55. The summed E-state index contributed by atoms with van der Waals surface area (Å²) >= 11 is 0. The number of nitrogens with one attached hydrogen (secondary N) is 1. The molecular weight excluding hydrogens is 167 g/mol. The Kier molecular flexibility index (Phi) is 1.94. The summed E-state index contributed by atoms with van der Waals surface area (Å²) in [6.45, 7) is 1.99. The average molecular weight is 180 g/mol. The van der Waals surface area contributed by atoms with Crippen LogP contribution >= 0.6 is 0 Å². The Balaban J connectivity index is 2.42. The van der Waals surface area contributed by atoms with Crippen molar-refractivity contribution in [2.45, 2.75) is 25.7 Å². The Morgan fingerprint density at radius 2 is 2.23 bits per heavy atom. The highest BCUT2D eigenvalue weighted by atomic mass is 19.1. The van der Waals surface area contributed by atoms with E-state index in [1.165, 1.54) is 0 Å². The van der Waals surface area contributed by atoms with Gasteiger partial charge >= 0.3 is 0 Å². The third-order valence-corrected chi connectivity index (χ3v) is 2.44. The van der Waals surface area contributed by atoms with Crippen LogP contribution in [0.3, 0.4) is 0 Å². The predicted octanol–water partition coefficient (Wildman–Crippen LogP) is 2.45. The van der Waals surface area contributed by atoms with Crippen molar-refractivity contribution in [1.82, 2.24) is 4.98 Å². The van der Waals surface area contributed by atoms with E-state index in [1.807, 2.05) is 13.0 Å². The molecule has 0 radical (unpaired) electrons. The van der Waals surface area contributed by atoms with Crippen molar-refractivity contribution in [3.63, 3.8) is 0 Å². The van der Waals surface area contributed by atoms with Crippen LogP contribution in [0.15, 0.2) is 6.07 Å². The molecule has 0 spiro atoms. The lowest BCUT2D eigenvalue weighted by atomic mass is 10.1. The minimum Gasteiger partial charge on any atom is -0.384 e. The van der Waals surface area contributed by atoms with Crippen molar-refractivity contribution < 1.29 is 4.39 Å². The molecule has 0 aliphatic heterocycles. The Hall–Kier alpha value is -1.12. The Bertz CT molecular complexity index is 332. The fourth-order valence-corrected chi connectivity index (χ4v) is 1.55. The first-order valence-electron chi connectivity index (χ1n) is 4.57. The van der Waals surface area contributed by atoms with Gasteiger partial charge in [-0.05, 0) is 31.4 Å². The molecule has 0 saturated heterocycles. The summed E-state index contributed by atoms with van der Waals surface area (Å²) in [6.07, 6.45) is 2.32. The van der Waals surface area contributed by atoms with E-state index in [0.29, 0.717) is 11.6 Å². The molecule has 0 bridgehead atoms. The van der Waals surface area contributed by atoms with E-state index >= 15 is 0 Å². The third-order valence-electron chi connectivity index (χ3n) is 2.44. The first kappa shape index (κ1) is 8.48. The summed E-state index contributed by atoms with van der Waals surface area (Å²) in [5.74, 6) is 0.135. The highest BCUT2D eigenvalue weighted by molar-refractivity contribution is 5.46. The van der Waals surface area contributed by atoms with Crippen molar-refractivity contribution in [3.05, 3.63) is 23.3 Å². The molecule has 70 valence electrons. The highest BCUT2D eigenvalue weighted by Gasteiger charge is 2.27. The Morgan fingerprint density at radius 3 is 2.77 bits per heavy atom. The maximum Gasteiger partial charge on any atom is 0.236 e. The van der Waals surface area contributed by atoms with E-state index in [-0.39, 0.29) is 5.95 Å². The van der Waals surface area contributed by atoms with Crippen LogP contribution in [-0.4, -0.2) is 12.0 Å². The van der Waals surface area contributed by atoms with Crippen LogP contribution in [0.1, 0.15) is 30.0 Å². The first-order valence-corrected chi connectivity index (χ1v) is 4.57. The molecule has 1 aromatic heterocycles. The molecule has 1 N–H and O–H groups in total. The van der Waals surface area contributed by atoms with Crippen LogP contribution in [0, 0.1) is 12.9 Å². The van der Waals surface area contributed by atoms with Crippen molar-refractivity contribution in [2.75, 3.05) is 12.4 Å². The number of pyridine rings is 1. The molecule has 0 amide bonds. The molecule has 1 fully saturated rings. The van der Waals surface area contributed by atoms with Gasteiger partial charge in [0.05, 0.1) is 5.69 Å². The normalized spacial score (nSPS) is 15.9. The molecule has 1 aliphatic carbocycles. The molecule has 0 aromatic carbocycles. The van der Waals surface area contributed by atoms with Crippen molar-refractivity contribution in [2.24, 2.45) is 0 Å². The second-order valence-corrected chi connectivity index (χ2v) is 3.55. The van der Waals surface area contributed by atoms with E-state index in [0.717, 1.165) is 24.1 Å².